The molecule has 1 fully saturated rings. The van der Waals surface area contributed by atoms with Crippen molar-refractivity contribution >= 4 is 34.7 Å². The smallest absolute Gasteiger partial charge is 0.229 e. The van der Waals surface area contributed by atoms with E-state index in [0.717, 1.165) is 69.2 Å². The third kappa shape index (κ3) is 6.50. The van der Waals surface area contributed by atoms with Gasteiger partial charge in [-0.25, -0.2) is 4.98 Å². The quantitative estimate of drug-likeness (QED) is 0.320. The Hall–Kier alpha value is -3.65. The molecule has 2 aliphatic rings. The minimum absolute atomic E-state index is 0.489. The van der Waals surface area contributed by atoms with E-state index in [9.17, 15) is 0 Å². The van der Waals surface area contributed by atoms with Crippen LogP contribution < -0.4 is 15.4 Å². The van der Waals surface area contributed by atoms with E-state index in [-0.39, 0.29) is 0 Å². The molecule has 1 saturated heterocycles. The average molecular weight is 541 g/mol. The van der Waals surface area contributed by atoms with Crippen molar-refractivity contribution in [2.24, 2.45) is 0 Å². The molecular weight excluding hydrogens is 508 g/mol. The van der Waals surface area contributed by atoms with E-state index < -0.39 is 0 Å². The fraction of sp³-hybridized carbons (Fsp3) is 0.290. The number of fused-ring (bicyclic) bond motifs is 6. The minimum Gasteiger partial charge on any atom is -0.497 e. The van der Waals surface area contributed by atoms with Gasteiger partial charge >= 0.3 is 0 Å². The van der Waals surface area contributed by atoms with Gasteiger partial charge in [0.05, 0.1) is 13.3 Å². The zero-order chi connectivity index (χ0) is 26.6. The van der Waals surface area contributed by atoms with Gasteiger partial charge in [0.1, 0.15) is 10.8 Å². The Balaban J connectivity index is 1.18. The second-order valence-electron chi connectivity index (χ2n) is 10.3. The number of hydrogen-bond donors (Lipinski definition) is 2. The van der Waals surface area contributed by atoms with Gasteiger partial charge in [0.25, 0.3) is 0 Å². The molecule has 39 heavy (non-hydrogen) atoms. The molecule has 200 valence electrons. The van der Waals surface area contributed by atoms with Gasteiger partial charge in [0.15, 0.2) is 5.82 Å². The van der Waals surface area contributed by atoms with Gasteiger partial charge < -0.3 is 15.4 Å². The van der Waals surface area contributed by atoms with Crippen LogP contribution in [-0.2, 0) is 25.9 Å². The summed E-state index contributed by atoms with van der Waals surface area (Å²) in [5, 5.41) is 7.26. The Morgan fingerprint density at radius 3 is 2.36 bits per heavy atom. The van der Waals surface area contributed by atoms with Crippen molar-refractivity contribution in [2.45, 2.75) is 25.9 Å². The average Bonchev–Trinajstić information content (AvgIpc) is 2.95. The highest BCUT2D eigenvalue weighted by molar-refractivity contribution is 6.32. The molecule has 0 unspecified atom stereocenters. The molecule has 6 bridgehead atoms. The Labute approximate surface area is 234 Å². The lowest BCUT2D eigenvalue weighted by Gasteiger charge is -2.35. The number of aryl methyl sites for hydroxylation is 2. The predicted octanol–water partition coefficient (Wildman–Crippen LogP) is 6.04. The van der Waals surface area contributed by atoms with Crippen LogP contribution in [0.3, 0.4) is 0 Å². The summed E-state index contributed by atoms with van der Waals surface area (Å²) in [6.07, 6.45) is 3.55. The maximum atomic E-state index is 6.48. The van der Waals surface area contributed by atoms with E-state index in [1.807, 2.05) is 12.1 Å². The van der Waals surface area contributed by atoms with Crippen molar-refractivity contribution in [1.82, 2.24) is 19.8 Å². The summed E-state index contributed by atoms with van der Waals surface area (Å²) < 4.78 is 5.39. The van der Waals surface area contributed by atoms with Crippen LogP contribution in [0.5, 0.6) is 5.75 Å². The van der Waals surface area contributed by atoms with Crippen LogP contribution >= 0.6 is 11.6 Å². The van der Waals surface area contributed by atoms with Crippen molar-refractivity contribution in [3.8, 4) is 5.75 Å². The van der Waals surface area contributed by atoms with Crippen molar-refractivity contribution < 1.29 is 4.74 Å². The lowest BCUT2D eigenvalue weighted by molar-refractivity contribution is 0.122. The highest BCUT2D eigenvalue weighted by Gasteiger charge is 2.18. The van der Waals surface area contributed by atoms with Crippen molar-refractivity contribution in [1.29, 1.82) is 0 Å². The number of ether oxygens (including phenoxy) is 1. The third-order valence-electron chi connectivity index (χ3n) is 7.36. The number of anilines is 4. The fourth-order valence-electron chi connectivity index (χ4n) is 5.34. The number of methoxy groups -OCH3 is 1. The van der Waals surface area contributed by atoms with Crippen molar-refractivity contribution in [2.75, 3.05) is 43.9 Å². The Morgan fingerprint density at radius 2 is 1.54 bits per heavy atom. The maximum absolute atomic E-state index is 6.48. The maximum Gasteiger partial charge on any atom is 0.229 e. The summed E-state index contributed by atoms with van der Waals surface area (Å²) in [6, 6.07) is 23.6. The minimum atomic E-state index is 0.489. The molecule has 3 aromatic carbocycles. The largest absolute Gasteiger partial charge is 0.497 e. The van der Waals surface area contributed by atoms with Gasteiger partial charge in [-0.2, -0.15) is 4.98 Å². The van der Waals surface area contributed by atoms with Gasteiger partial charge in [0, 0.05) is 50.6 Å². The predicted molar refractivity (Wildman–Crippen MR) is 157 cm³/mol. The first-order valence-corrected chi connectivity index (χ1v) is 13.8. The van der Waals surface area contributed by atoms with Crippen LogP contribution in [0, 0.1) is 0 Å². The summed E-state index contributed by atoms with van der Waals surface area (Å²) in [7, 11) is 1.72. The number of piperazine rings is 1. The Bertz CT molecular complexity index is 1450. The molecule has 0 spiro atoms. The van der Waals surface area contributed by atoms with Gasteiger partial charge in [-0.15, -0.1) is 0 Å². The number of nitrogens with one attached hydrogen (secondary N) is 2. The molecular formula is C31H33ClN6O. The Kier molecular flexibility index (Phi) is 7.63. The highest BCUT2D eigenvalue weighted by Crippen LogP contribution is 2.28. The summed E-state index contributed by atoms with van der Waals surface area (Å²) in [5.74, 6) is 2.03. The van der Waals surface area contributed by atoms with E-state index in [0.29, 0.717) is 16.8 Å². The van der Waals surface area contributed by atoms with Crippen LogP contribution in [-0.4, -0.2) is 53.1 Å². The SMILES string of the molecule is COc1cccc(CN2CCN(Cc3cc4cc(c3)Nc3nc(ncc3Cl)Nc3cccc(c3)CC4)CC2)c1. The molecule has 0 saturated carbocycles. The van der Waals surface area contributed by atoms with Gasteiger partial charge in [-0.05, 0) is 71.5 Å². The fourth-order valence-corrected chi connectivity index (χ4v) is 5.48. The Morgan fingerprint density at radius 1 is 0.795 bits per heavy atom. The molecule has 0 amide bonds. The molecule has 2 aliphatic heterocycles. The topological polar surface area (TPSA) is 65.5 Å². The van der Waals surface area contributed by atoms with Gasteiger partial charge in [0.2, 0.25) is 5.95 Å². The van der Waals surface area contributed by atoms with E-state index >= 15 is 0 Å². The van der Waals surface area contributed by atoms with Crippen LogP contribution in [0.1, 0.15) is 22.3 Å². The highest BCUT2D eigenvalue weighted by atomic mass is 35.5. The van der Waals surface area contributed by atoms with Gasteiger partial charge in [-0.3, -0.25) is 9.80 Å². The second kappa shape index (κ2) is 11.6. The first-order valence-electron chi connectivity index (χ1n) is 13.5. The molecule has 7 nitrogen and oxygen atoms in total. The lowest BCUT2D eigenvalue weighted by atomic mass is 10.0. The normalized spacial score (nSPS) is 15.7. The summed E-state index contributed by atoms with van der Waals surface area (Å²) in [6.45, 7) is 6.03. The van der Waals surface area contributed by atoms with Crippen molar-refractivity contribution in [3.63, 3.8) is 0 Å². The molecule has 0 atom stereocenters. The van der Waals surface area contributed by atoms with Crippen LogP contribution in [0.15, 0.2) is 72.9 Å². The second-order valence-corrected chi connectivity index (χ2v) is 10.7. The lowest BCUT2D eigenvalue weighted by Crippen LogP contribution is -2.45. The zero-order valence-corrected chi connectivity index (χ0v) is 22.9. The number of aromatic nitrogens is 2. The molecule has 4 aromatic rings. The molecule has 2 N–H and O–H groups in total. The molecule has 6 rings (SSSR count). The van der Waals surface area contributed by atoms with E-state index in [2.05, 4.69) is 85.0 Å². The molecule has 0 aliphatic carbocycles. The number of benzene rings is 3. The number of nitrogens with zero attached hydrogens (tertiary/aromatic N) is 4. The van der Waals surface area contributed by atoms with Gasteiger partial charge in [-0.1, -0.05) is 41.9 Å². The van der Waals surface area contributed by atoms with Crippen molar-refractivity contribution in [3.05, 3.63) is 100 Å². The van der Waals surface area contributed by atoms with Crippen LogP contribution in [0.25, 0.3) is 0 Å². The van der Waals surface area contributed by atoms with E-state index in [1.54, 1.807) is 13.3 Å². The van der Waals surface area contributed by atoms with Crippen LogP contribution in [0.2, 0.25) is 5.02 Å². The standard InChI is InChI=1S/C31H33ClN6O/c1-39-28-7-3-5-24(18-28)20-37-10-12-38(13-11-37)21-25-14-23-9-8-22-4-2-6-26(15-22)35-31-33-19-29(32)30(36-31)34-27(16-23)17-25/h2-7,14-19H,8-13,20-21H2,1H3,(H2,33,34,35,36). The first kappa shape index (κ1) is 25.6. The number of halogens is 1. The first-order chi connectivity index (χ1) is 19.1. The molecule has 0 radical (unpaired) electrons. The molecule has 1 aromatic heterocycles. The number of hydrogen-bond acceptors (Lipinski definition) is 7. The summed E-state index contributed by atoms with van der Waals surface area (Å²) in [4.78, 5) is 14.1. The summed E-state index contributed by atoms with van der Waals surface area (Å²) >= 11 is 6.48. The van der Waals surface area contributed by atoms with Crippen LogP contribution in [0.4, 0.5) is 23.1 Å². The zero-order valence-electron chi connectivity index (χ0n) is 22.2. The molecule has 8 heteroatoms. The van der Waals surface area contributed by atoms with E-state index in [1.165, 1.54) is 22.3 Å². The molecule has 3 heterocycles. The monoisotopic (exact) mass is 540 g/mol. The number of rotatable bonds is 5. The van der Waals surface area contributed by atoms with E-state index in [4.69, 9.17) is 16.3 Å². The third-order valence-corrected chi connectivity index (χ3v) is 7.63. The summed E-state index contributed by atoms with van der Waals surface area (Å²) in [5.41, 5.74) is 7.13.